The van der Waals surface area contributed by atoms with Gasteiger partial charge in [-0.15, -0.1) is 22.7 Å². The SMILES string of the molecule is c1ccc(-c2cccc3ccccc23)c(-c2ccccc2N(c2ccc(-c3cccc4c3oc3ccccc34)cc2)c2ccccc2-c2ccc3c(c2)sc2cc(-c4cccc5ccc(-c6ccccc6N(c6ccc(-c7cccc8c7oc7ccccc78)cc6)c6ccccc6-c6ccc7c(c6)sc6ccccc67)cc45)ccc23)c1. The number of furan rings is 2. The van der Waals surface area contributed by atoms with Crippen molar-refractivity contribution in [2.24, 2.45) is 0 Å². The normalized spacial score (nSPS) is 11.8. The van der Waals surface area contributed by atoms with Gasteiger partial charge in [-0.3, -0.25) is 0 Å². The van der Waals surface area contributed by atoms with Crippen LogP contribution in [0.2, 0.25) is 0 Å². The molecule has 23 aromatic rings. The van der Waals surface area contributed by atoms with Gasteiger partial charge < -0.3 is 18.6 Å². The zero-order valence-electron chi connectivity index (χ0n) is 62.8. The lowest BCUT2D eigenvalue weighted by molar-refractivity contribution is 0.669. The highest BCUT2D eigenvalue weighted by atomic mass is 32.1. The summed E-state index contributed by atoms with van der Waals surface area (Å²) < 4.78 is 18.3. The van der Waals surface area contributed by atoms with Gasteiger partial charge in [0.15, 0.2) is 0 Å². The Bertz CT molecular complexity index is 7870. The first-order chi connectivity index (χ1) is 57.5. The van der Waals surface area contributed by atoms with Gasteiger partial charge in [-0.1, -0.05) is 322 Å². The Morgan fingerprint density at radius 1 is 0.172 bits per heavy atom. The zero-order chi connectivity index (χ0) is 76.3. The van der Waals surface area contributed by atoms with Gasteiger partial charge in [0, 0.05) is 107 Å². The van der Waals surface area contributed by atoms with Crippen molar-refractivity contribution in [3.8, 4) is 89.0 Å². The van der Waals surface area contributed by atoms with Crippen LogP contribution in [0.15, 0.2) is 421 Å². The van der Waals surface area contributed by atoms with Crippen molar-refractivity contribution < 1.29 is 8.83 Å². The zero-order valence-corrected chi connectivity index (χ0v) is 64.4. The van der Waals surface area contributed by atoms with E-state index in [1.165, 1.54) is 84.1 Å². The third kappa shape index (κ3) is 11.2. The number of benzene rings is 19. The molecule has 4 heterocycles. The molecule has 19 aromatic carbocycles. The summed E-state index contributed by atoms with van der Waals surface area (Å²) in [5.74, 6) is 0. The van der Waals surface area contributed by atoms with Gasteiger partial charge in [-0.2, -0.15) is 0 Å². The number of hydrogen-bond acceptors (Lipinski definition) is 6. The third-order valence-corrected chi connectivity index (χ3v) is 25.8. The van der Waals surface area contributed by atoms with E-state index in [2.05, 4.69) is 410 Å². The van der Waals surface area contributed by atoms with E-state index in [1.54, 1.807) is 0 Å². The number of rotatable bonds is 14. The summed E-state index contributed by atoms with van der Waals surface area (Å²) in [6, 6.07) is 151. The van der Waals surface area contributed by atoms with Gasteiger partial charge in [0.1, 0.15) is 22.3 Å². The maximum Gasteiger partial charge on any atom is 0.143 e. The van der Waals surface area contributed by atoms with Gasteiger partial charge in [-0.25, -0.2) is 0 Å². The number of thiophene rings is 2. The quantitative estimate of drug-likeness (QED) is 0.109. The minimum atomic E-state index is 0.886. The molecule has 0 bridgehead atoms. The molecule has 0 amide bonds. The van der Waals surface area contributed by atoms with E-state index in [0.29, 0.717) is 0 Å². The Labute approximate surface area is 677 Å². The number of nitrogens with zero attached hydrogens (tertiary/aromatic N) is 2. The van der Waals surface area contributed by atoms with Crippen LogP contribution in [0.25, 0.3) is 195 Å². The van der Waals surface area contributed by atoms with Crippen molar-refractivity contribution >= 4 is 163 Å². The van der Waals surface area contributed by atoms with Gasteiger partial charge in [0.2, 0.25) is 0 Å². The molecule has 6 heteroatoms. The second kappa shape index (κ2) is 27.6. The average molecular weight is 1510 g/mol. The average Bonchev–Trinajstić information content (AvgIpc) is 1.34. The van der Waals surface area contributed by atoms with Gasteiger partial charge >= 0.3 is 0 Å². The minimum absolute atomic E-state index is 0.886. The fourth-order valence-electron chi connectivity index (χ4n) is 18.1. The predicted octanol–water partition coefficient (Wildman–Crippen LogP) is 32.8. The van der Waals surface area contributed by atoms with Crippen LogP contribution in [0.5, 0.6) is 0 Å². The fourth-order valence-corrected chi connectivity index (χ4v) is 20.4. The molecule has 4 nitrogen and oxygen atoms in total. The molecule has 0 fully saturated rings. The lowest BCUT2D eigenvalue weighted by Gasteiger charge is -2.30. The van der Waals surface area contributed by atoms with Crippen LogP contribution >= 0.6 is 22.7 Å². The van der Waals surface area contributed by atoms with E-state index >= 15 is 0 Å². The summed E-state index contributed by atoms with van der Waals surface area (Å²) in [6.45, 7) is 0. The van der Waals surface area contributed by atoms with Crippen molar-refractivity contribution in [1.29, 1.82) is 0 Å². The molecule has 0 unspecified atom stereocenters. The molecule has 0 saturated heterocycles. The largest absolute Gasteiger partial charge is 0.455 e. The number of hydrogen-bond donors (Lipinski definition) is 0. The van der Waals surface area contributed by atoms with Gasteiger partial charge in [0.25, 0.3) is 0 Å². The topological polar surface area (TPSA) is 32.8 Å². The standard InChI is InChI=1S/C110H68N2O2S2/c1-2-26-79-69(23-1)24-20-39-86(79)87-30-3-4-31-88(87)89-32-8-15-45-102(89)112(78-60-53-72(54-61-78)85-38-22-41-97-91-34-10-17-47-104(91)114-110(85)97)101-44-14-7-29-83(101)76-57-64-95-94-62-55-74(66-107(94)116-108(95)68-76)80-36-19-25-70-49-50-73(65-98(70)80)81-27-5-12-42-99(81)111(77-58-51-71(52-59-77)84-37-21-40-96-90-33-9-16-46-103(90)113-109(84)96)100-43-13-6-28-82(100)75-56-63-93-92-35-11-18-48-105(92)115-106(93)67-75/h1-68H. The van der Waals surface area contributed by atoms with E-state index in [1.807, 2.05) is 34.8 Å². The molecule has 0 aliphatic rings. The highest BCUT2D eigenvalue weighted by Gasteiger charge is 2.27. The summed E-state index contributed by atoms with van der Waals surface area (Å²) in [4.78, 5) is 4.94. The molecule has 542 valence electrons. The highest BCUT2D eigenvalue weighted by molar-refractivity contribution is 7.26. The van der Waals surface area contributed by atoms with Crippen LogP contribution in [-0.2, 0) is 0 Å². The fraction of sp³-hybridized carbons (Fsp3) is 0. The summed E-state index contributed by atoms with van der Waals surface area (Å²) in [7, 11) is 0. The molecule has 0 radical (unpaired) electrons. The van der Waals surface area contributed by atoms with Gasteiger partial charge in [0.05, 0.1) is 22.7 Å². The summed E-state index contributed by atoms with van der Waals surface area (Å²) in [5, 5.41) is 14.3. The molecule has 0 aliphatic heterocycles. The van der Waals surface area contributed by atoms with E-state index < -0.39 is 0 Å². The Morgan fingerprint density at radius 2 is 0.491 bits per heavy atom. The summed E-state index contributed by atoms with van der Waals surface area (Å²) in [6.07, 6.45) is 0. The van der Waals surface area contributed by atoms with E-state index in [0.717, 1.165) is 145 Å². The maximum atomic E-state index is 6.63. The van der Waals surface area contributed by atoms with Crippen LogP contribution in [-0.4, -0.2) is 0 Å². The molecule has 0 aliphatic carbocycles. The van der Waals surface area contributed by atoms with E-state index in [-0.39, 0.29) is 0 Å². The second-order valence-corrected chi connectivity index (χ2v) is 32.2. The van der Waals surface area contributed by atoms with Crippen LogP contribution < -0.4 is 9.80 Å². The van der Waals surface area contributed by atoms with Crippen molar-refractivity contribution in [1.82, 2.24) is 0 Å². The molecule has 0 atom stereocenters. The van der Waals surface area contributed by atoms with Crippen molar-refractivity contribution in [3.05, 3.63) is 413 Å². The Kier molecular flexibility index (Phi) is 16.0. The lowest BCUT2D eigenvalue weighted by atomic mass is 9.90. The molecule has 4 aromatic heterocycles. The van der Waals surface area contributed by atoms with Crippen LogP contribution in [0, 0.1) is 0 Å². The highest BCUT2D eigenvalue weighted by Crippen LogP contribution is 2.52. The molecule has 0 saturated carbocycles. The minimum Gasteiger partial charge on any atom is -0.455 e. The molecule has 0 spiro atoms. The molecule has 0 N–H and O–H groups in total. The molecular weight excluding hydrogens is 1450 g/mol. The molecule has 116 heavy (non-hydrogen) atoms. The monoisotopic (exact) mass is 1510 g/mol. The maximum absolute atomic E-state index is 6.63. The first kappa shape index (κ1) is 67.1. The number of fused-ring (bicyclic) bond motifs is 14. The first-order valence-electron chi connectivity index (χ1n) is 39.5. The third-order valence-electron chi connectivity index (χ3n) is 23.5. The van der Waals surface area contributed by atoms with Crippen LogP contribution in [0.1, 0.15) is 0 Å². The molecule has 23 rings (SSSR count). The van der Waals surface area contributed by atoms with Crippen LogP contribution in [0.4, 0.5) is 34.1 Å². The van der Waals surface area contributed by atoms with Gasteiger partial charge in [-0.05, 0) is 168 Å². The summed E-state index contributed by atoms with van der Waals surface area (Å²) >= 11 is 3.72. The molecular formula is C110H68N2O2S2. The smallest absolute Gasteiger partial charge is 0.143 e. The lowest BCUT2D eigenvalue weighted by Crippen LogP contribution is -2.12. The second-order valence-electron chi connectivity index (χ2n) is 30.0. The summed E-state index contributed by atoms with van der Waals surface area (Å²) in [5.41, 5.74) is 28.0. The van der Waals surface area contributed by atoms with E-state index in [4.69, 9.17) is 8.83 Å². The van der Waals surface area contributed by atoms with Crippen molar-refractivity contribution in [3.63, 3.8) is 0 Å². The van der Waals surface area contributed by atoms with Crippen molar-refractivity contribution in [2.75, 3.05) is 9.80 Å². The van der Waals surface area contributed by atoms with Crippen LogP contribution in [0.3, 0.4) is 0 Å². The number of anilines is 6. The van der Waals surface area contributed by atoms with E-state index in [9.17, 15) is 0 Å². The Balaban J connectivity index is 0.626. The Morgan fingerprint density at radius 3 is 1.02 bits per heavy atom. The Hall–Kier alpha value is -14.7. The number of para-hydroxylation sites is 8. The predicted molar refractivity (Wildman–Crippen MR) is 495 cm³/mol. The van der Waals surface area contributed by atoms with Crippen molar-refractivity contribution in [2.45, 2.75) is 0 Å². The first-order valence-corrected chi connectivity index (χ1v) is 41.1.